The van der Waals surface area contributed by atoms with Gasteiger partial charge in [0, 0.05) is 31.3 Å². The summed E-state index contributed by atoms with van der Waals surface area (Å²) in [6.07, 6.45) is 6.39. The summed E-state index contributed by atoms with van der Waals surface area (Å²) in [6.45, 7) is 11.8. The molecule has 0 aliphatic carbocycles. The van der Waals surface area contributed by atoms with Gasteiger partial charge in [-0.15, -0.1) is 0 Å². The normalized spacial score (nSPS) is 12.2. The van der Waals surface area contributed by atoms with Gasteiger partial charge in [0.15, 0.2) is 11.0 Å². The van der Waals surface area contributed by atoms with Crippen LogP contribution in [-0.4, -0.2) is 17.7 Å². The molecule has 0 spiro atoms. The maximum Gasteiger partial charge on any atom is 0.282 e. The number of hydrogen-bond acceptors (Lipinski definition) is 2. The second kappa shape index (κ2) is 14.9. The number of imidazole rings is 1. The summed E-state index contributed by atoms with van der Waals surface area (Å²) in [5.74, 6) is 2.19. The van der Waals surface area contributed by atoms with Crippen molar-refractivity contribution in [1.29, 1.82) is 0 Å². The van der Waals surface area contributed by atoms with Gasteiger partial charge in [-0.2, -0.15) is 0 Å². The van der Waals surface area contributed by atoms with Crippen LogP contribution >= 0.6 is 46.4 Å². The average molecular weight is 700 g/mol. The van der Waals surface area contributed by atoms with Crippen molar-refractivity contribution in [2.24, 2.45) is 0 Å². The molecule has 0 bridgehead atoms. The molecule has 0 radical (unpaired) electrons. The van der Waals surface area contributed by atoms with Crippen LogP contribution in [-0.2, 0) is 13.1 Å². The predicted molar refractivity (Wildman–Crippen MR) is 163 cm³/mol. The van der Waals surface area contributed by atoms with E-state index in [0.717, 1.165) is 60.2 Å². The standard InChI is InChI=1S/C25H27Cl4N4.3CH4.HI/c1-5-30-20-12-16(26)17(27)13-21(20)31(6-2)24(30)10-9-11-25-32(7-3)22-14-18(28)19(29)15-23(22)33(25)8-4;;;;/h9-15H,5-8H2,1-4H3;3*1H4;1H/q+1;;;;/p-1. The molecule has 0 saturated heterocycles. The first kappa shape index (κ1) is 35.9. The number of halogens is 5. The SMILES string of the molecule is C.C.C.CCN1C(=CC=Cc2n(CC)c3cc(Cl)c(Cl)cc3[n+]2CC)N(CC)c2cc(Cl)c(Cl)cc21.[I-]. The quantitative estimate of drug-likeness (QED) is 0.210. The maximum absolute atomic E-state index is 6.33. The second-order valence-electron chi connectivity index (χ2n) is 7.73. The van der Waals surface area contributed by atoms with Crippen LogP contribution < -0.4 is 38.3 Å². The van der Waals surface area contributed by atoms with Crippen LogP contribution in [0.4, 0.5) is 11.4 Å². The van der Waals surface area contributed by atoms with Crippen LogP contribution in [0.3, 0.4) is 0 Å². The number of anilines is 2. The van der Waals surface area contributed by atoms with Crippen molar-refractivity contribution < 1.29 is 28.5 Å². The highest BCUT2D eigenvalue weighted by Crippen LogP contribution is 2.45. The third-order valence-electron chi connectivity index (χ3n) is 6.06. The fourth-order valence-corrected chi connectivity index (χ4v) is 5.24. The topological polar surface area (TPSA) is 15.3 Å². The monoisotopic (exact) mass is 698 g/mol. The van der Waals surface area contributed by atoms with Gasteiger partial charge in [0.2, 0.25) is 0 Å². The highest BCUT2D eigenvalue weighted by Gasteiger charge is 2.30. The first-order chi connectivity index (χ1) is 15.9. The third-order valence-corrected chi connectivity index (χ3v) is 7.50. The molecule has 0 saturated carbocycles. The summed E-state index contributed by atoms with van der Waals surface area (Å²) in [6, 6.07) is 7.79. The molecule has 3 aromatic rings. The van der Waals surface area contributed by atoms with E-state index in [4.69, 9.17) is 46.4 Å². The van der Waals surface area contributed by atoms with Gasteiger partial charge in [-0.05, 0) is 45.9 Å². The lowest BCUT2D eigenvalue weighted by atomic mass is 10.2. The number of nitrogens with zero attached hydrogens (tertiary/aromatic N) is 4. The van der Waals surface area contributed by atoms with Gasteiger partial charge >= 0.3 is 0 Å². The molecule has 1 aliphatic heterocycles. The first-order valence-electron chi connectivity index (χ1n) is 11.2. The lowest BCUT2D eigenvalue weighted by molar-refractivity contribution is -0.670. The molecule has 1 aromatic heterocycles. The Morgan fingerprint density at radius 1 is 0.730 bits per heavy atom. The Bertz CT molecular complexity index is 1200. The largest absolute Gasteiger partial charge is 1.00 e. The van der Waals surface area contributed by atoms with Crippen LogP contribution in [0.15, 0.2) is 42.2 Å². The van der Waals surface area contributed by atoms with Crippen molar-refractivity contribution in [3.8, 4) is 0 Å². The fourth-order valence-electron chi connectivity index (χ4n) is 4.61. The molecule has 0 unspecified atom stereocenters. The minimum absolute atomic E-state index is 0. The molecule has 4 rings (SSSR count). The van der Waals surface area contributed by atoms with Crippen molar-refractivity contribution in [3.63, 3.8) is 0 Å². The number of rotatable bonds is 6. The Morgan fingerprint density at radius 3 is 1.68 bits per heavy atom. The molecule has 9 heteroatoms. The van der Waals surface area contributed by atoms with Crippen molar-refractivity contribution >= 4 is 74.9 Å². The molecular weight excluding hydrogens is 661 g/mol. The zero-order valence-electron chi connectivity index (χ0n) is 19.5. The van der Waals surface area contributed by atoms with Gasteiger partial charge < -0.3 is 33.8 Å². The summed E-state index contributed by atoms with van der Waals surface area (Å²) < 4.78 is 4.52. The zero-order valence-corrected chi connectivity index (χ0v) is 24.7. The van der Waals surface area contributed by atoms with Gasteiger partial charge in [-0.1, -0.05) is 74.8 Å². The number of fused-ring (bicyclic) bond motifs is 2. The molecule has 1 aliphatic rings. The van der Waals surface area contributed by atoms with E-state index in [0.29, 0.717) is 20.1 Å². The number of aromatic nitrogens is 2. The van der Waals surface area contributed by atoms with Crippen molar-refractivity contribution in [3.05, 3.63) is 68.2 Å². The molecule has 0 N–H and O–H groups in total. The fraction of sp³-hybridized carbons (Fsp3) is 0.393. The molecule has 37 heavy (non-hydrogen) atoms. The summed E-state index contributed by atoms with van der Waals surface area (Å²) in [5, 5.41) is 2.26. The van der Waals surface area contributed by atoms with E-state index >= 15 is 0 Å². The molecule has 0 amide bonds. The van der Waals surface area contributed by atoms with Crippen molar-refractivity contribution in [1.82, 2.24) is 4.57 Å². The highest BCUT2D eigenvalue weighted by atomic mass is 127. The predicted octanol–water partition coefficient (Wildman–Crippen LogP) is 6.72. The third kappa shape index (κ3) is 6.38. The summed E-state index contributed by atoms with van der Waals surface area (Å²) >= 11 is 25.3. The van der Waals surface area contributed by atoms with Crippen LogP contribution in [0, 0.1) is 0 Å². The highest BCUT2D eigenvalue weighted by molar-refractivity contribution is 6.43. The minimum Gasteiger partial charge on any atom is -1.00 e. The lowest BCUT2D eigenvalue weighted by Crippen LogP contribution is -3.00. The number of allylic oxidation sites excluding steroid dienone is 2. The average Bonchev–Trinajstić information content (AvgIpc) is 3.24. The molecular formula is C28H39Cl4IN4. The maximum atomic E-state index is 6.33. The lowest BCUT2D eigenvalue weighted by Gasteiger charge is -2.23. The second-order valence-corrected chi connectivity index (χ2v) is 9.36. The van der Waals surface area contributed by atoms with E-state index in [-0.39, 0.29) is 46.3 Å². The van der Waals surface area contributed by atoms with Crippen LogP contribution in [0.5, 0.6) is 0 Å². The van der Waals surface area contributed by atoms with E-state index in [1.165, 1.54) is 0 Å². The van der Waals surface area contributed by atoms with E-state index in [1.54, 1.807) is 0 Å². The van der Waals surface area contributed by atoms with E-state index < -0.39 is 0 Å². The van der Waals surface area contributed by atoms with Gasteiger partial charge in [0.25, 0.3) is 5.82 Å². The van der Waals surface area contributed by atoms with Crippen LogP contribution in [0.2, 0.25) is 20.1 Å². The minimum atomic E-state index is 0. The molecule has 0 atom stereocenters. The number of hydrogen-bond donors (Lipinski definition) is 0. The molecule has 0 fully saturated rings. The molecule has 2 heterocycles. The Balaban J connectivity index is 0.00000324. The van der Waals surface area contributed by atoms with Crippen LogP contribution in [0.1, 0.15) is 55.8 Å². The van der Waals surface area contributed by atoms with E-state index in [1.807, 2.05) is 24.3 Å². The Labute approximate surface area is 260 Å². The Hall–Kier alpha value is -1.12. The smallest absolute Gasteiger partial charge is 0.282 e. The van der Waals surface area contributed by atoms with E-state index in [2.05, 4.69) is 64.9 Å². The first-order valence-corrected chi connectivity index (χ1v) is 12.7. The van der Waals surface area contributed by atoms with Gasteiger partial charge in [-0.3, -0.25) is 0 Å². The van der Waals surface area contributed by atoms with Crippen LogP contribution in [0.25, 0.3) is 17.1 Å². The molecule has 4 nitrogen and oxygen atoms in total. The summed E-state index contributed by atoms with van der Waals surface area (Å²) in [4.78, 5) is 4.52. The number of benzene rings is 2. The zero-order chi connectivity index (χ0) is 23.9. The summed E-state index contributed by atoms with van der Waals surface area (Å²) in [7, 11) is 0. The number of aryl methyl sites for hydroxylation is 2. The Morgan fingerprint density at radius 2 is 1.22 bits per heavy atom. The van der Waals surface area contributed by atoms with E-state index in [9.17, 15) is 0 Å². The van der Waals surface area contributed by atoms with Gasteiger partial charge in [-0.25, -0.2) is 9.13 Å². The Kier molecular flexibility index (Phi) is 14.4. The van der Waals surface area contributed by atoms with Gasteiger partial charge in [0.05, 0.1) is 44.6 Å². The molecule has 206 valence electrons. The van der Waals surface area contributed by atoms with Crippen molar-refractivity contribution in [2.45, 2.75) is 63.1 Å². The van der Waals surface area contributed by atoms with Gasteiger partial charge in [0.1, 0.15) is 5.82 Å². The van der Waals surface area contributed by atoms with Crippen molar-refractivity contribution in [2.75, 3.05) is 22.9 Å². The summed E-state index contributed by atoms with van der Waals surface area (Å²) in [5.41, 5.74) is 4.29. The molecule has 2 aromatic carbocycles.